The molecule has 0 radical (unpaired) electrons. The molecule has 19 heavy (non-hydrogen) atoms. The van der Waals surface area contributed by atoms with Crippen LogP contribution in [0, 0.1) is 5.92 Å². The lowest BCUT2D eigenvalue weighted by Crippen LogP contribution is -2.52. The summed E-state index contributed by atoms with van der Waals surface area (Å²) in [5.41, 5.74) is 0.320. The van der Waals surface area contributed by atoms with Crippen LogP contribution in [0.5, 0.6) is 0 Å². The van der Waals surface area contributed by atoms with Crippen LogP contribution in [0.4, 0.5) is 0 Å². The van der Waals surface area contributed by atoms with Gasteiger partial charge in [-0.3, -0.25) is 9.69 Å². The van der Waals surface area contributed by atoms with Crippen molar-refractivity contribution < 1.29 is 9.53 Å². The molecule has 2 aliphatic carbocycles. The van der Waals surface area contributed by atoms with Crippen LogP contribution in [-0.2, 0) is 9.53 Å². The second-order valence-electron chi connectivity index (χ2n) is 7.00. The van der Waals surface area contributed by atoms with Crippen molar-refractivity contribution in [3.8, 4) is 0 Å². The molecule has 1 heterocycles. The summed E-state index contributed by atoms with van der Waals surface area (Å²) in [6.45, 7) is 5.34. The van der Waals surface area contributed by atoms with E-state index < -0.39 is 0 Å². The van der Waals surface area contributed by atoms with Crippen LogP contribution < -0.4 is 0 Å². The van der Waals surface area contributed by atoms with E-state index in [9.17, 15) is 4.79 Å². The van der Waals surface area contributed by atoms with E-state index in [0.29, 0.717) is 17.4 Å². The number of hydrogen-bond acceptors (Lipinski definition) is 3. The maximum Gasteiger partial charge on any atom is 0.135 e. The van der Waals surface area contributed by atoms with Crippen molar-refractivity contribution in [2.24, 2.45) is 5.92 Å². The van der Waals surface area contributed by atoms with Gasteiger partial charge in [-0.05, 0) is 51.4 Å². The first-order chi connectivity index (χ1) is 9.16. The zero-order valence-corrected chi connectivity index (χ0v) is 12.2. The van der Waals surface area contributed by atoms with Gasteiger partial charge in [-0.1, -0.05) is 0 Å². The Morgan fingerprint density at radius 1 is 1.16 bits per heavy atom. The van der Waals surface area contributed by atoms with Crippen molar-refractivity contribution in [3.05, 3.63) is 0 Å². The monoisotopic (exact) mass is 265 g/mol. The minimum Gasteiger partial charge on any atom is -0.378 e. The molecule has 0 spiro atoms. The molecule has 0 N–H and O–H groups in total. The van der Waals surface area contributed by atoms with Crippen LogP contribution in [0.15, 0.2) is 0 Å². The molecule has 0 unspecified atom stereocenters. The lowest BCUT2D eigenvalue weighted by Gasteiger charge is -2.47. The standard InChI is InChI=1S/C16H27NO2/c1-16(17-10-6-14(18)7-11-17)8-4-15(5-9-16)19-12-13-2-3-13/h13,15H,2-12H2,1H3. The molecule has 108 valence electrons. The van der Waals surface area contributed by atoms with Gasteiger partial charge in [-0.2, -0.15) is 0 Å². The first kappa shape index (κ1) is 13.6. The van der Waals surface area contributed by atoms with E-state index >= 15 is 0 Å². The Kier molecular flexibility index (Phi) is 3.95. The lowest BCUT2D eigenvalue weighted by atomic mass is 9.79. The molecule has 0 atom stereocenters. The average molecular weight is 265 g/mol. The number of carbonyl (C=O) groups is 1. The van der Waals surface area contributed by atoms with Gasteiger partial charge in [-0.15, -0.1) is 0 Å². The third kappa shape index (κ3) is 3.38. The first-order valence-electron chi connectivity index (χ1n) is 8.04. The van der Waals surface area contributed by atoms with Crippen molar-refractivity contribution >= 4 is 5.78 Å². The summed E-state index contributed by atoms with van der Waals surface area (Å²) in [6, 6.07) is 0. The third-order valence-corrected chi connectivity index (χ3v) is 5.36. The molecule has 0 aromatic heterocycles. The summed E-state index contributed by atoms with van der Waals surface area (Å²) in [4.78, 5) is 13.9. The number of ketones is 1. The number of Topliss-reactive ketones (excluding diaryl/α,β-unsaturated/α-hetero) is 1. The summed E-state index contributed by atoms with van der Waals surface area (Å²) in [5.74, 6) is 1.32. The lowest BCUT2D eigenvalue weighted by molar-refractivity contribution is -0.123. The minimum absolute atomic E-state index is 0.320. The van der Waals surface area contributed by atoms with Crippen molar-refractivity contribution in [1.82, 2.24) is 4.90 Å². The minimum atomic E-state index is 0.320. The van der Waals surface area contributed by atoms with E-state index in [1.807, 2.05) is 0 Å². The molecule has 0 amide bonds. The molecule has 1 saturated heterocycles. The highest BCUT2D eigenvalue weighted by atomic mass is 16.5. The number of ether oxygens (including phenoxy) is 1. The maximum atomic E-state index is 11.4. The van der Waals surface area contributed by atoms with Crippen LogP contribution in [0.25, 0.3) is 0 Å². The summed E-state index contributed by atoms with van der Waals surface area (Å²) < 4.78 is 6.03. The van der Waals surface area contributed by atoms with Crippen LogP contribution in [-0.4, -0.2) is 42.0 Å². The van der Waals surface area contributed by atoms with E-state index in [0.717, 1.165) is 38.5 Å². The maximum absolute atomic E-state index is 11.4. The van der Waals surface area contributed by atoms with Gasteiger partial charge in [0.15, 0.2) is 0 Å². The number of piperidine rings is 1. The highest BCUT2D eigenvalue weighted by molar-refractivity contribution is 5.79. The Balaban J connectivity index is 1.45. The number of nitrogens with zero attached hydrogens (tertiary/aromatic N) is 1. The molecular formula is C16H27NO2. The molecule has 0 bridgehead atoms. The molecule has 3 fully saturated rings. The predicted octanol–water partition coefficient (Wildman–Crippen LogP) is 2.78. The Labute approximate surface area is 116 Å². The predicted molar refractivity (Wildman–Crippen MR) is 75.2 cm³/mol. The normalized spacial score (nSPS) is 37.5. The Hall–Kier alpha value is -0.410. The second kappa shape index (κ2) is 5.53. The van der Waals surface area contributed by atoms with E-state index in [1.54, 1.807) is 0 Å². The molecule has 3 heteroatoms. The van der Waals surface area contributed by atoms with Crippen molar-refractivity contribution in [3.63, 3.8) is 0 Å². The largest absolute Gasteiger partial charge is 0.378 e. The van der Waals surface area contributed by atoms with Crippen LogP contribution >= 0.6 is 0 Å². The van der Waals surface area contributed by atoms with Gasteiger partial charge < -0.3 is 4.74 Å². The van der Waals surface area contributed by atoms with Crippen LogP contribution in [0.1, 0.15) is 58.3 Å². The van der Waals surface area contributed by atoms with Crippen molar-refractivity contribution in [1.29, 1.82) is 0 Å². The van der Waals surface area contributed by atoms with Crippen LogP contribution in [0.3, 0.4) is 0 Å². The van der Waals surface area contributed by atoms with Crippen molar-refractivity contribution in [2.75, 3.05) is 19.7 Å². The van der Waals surface area contributed by atoms with Crippen LogP contribution in [0.2, 0.25) is 0 Å². The third-order valence-electron chi connectivity index (χ3n) is 5.36. The zero-order chi connectivity index (χ0) is 13.3. The fourth-order valence-electron chi connectivity index (χ4n) is 3.55. The van der Waals surface area contributed by atoms with Gasteiger partial charge in [0.05, 0.1) is 6.10 Å². The fourth-order valence-corrected chi connectivity index (χ4v) is 3.55. The van der Waals surface area contributed by atoms with E-state index in [-0.39, 0.29) is 0 Å². The fraction of sp³-hybridized carbons (Fsp3) is 0.938. The average Bonchev–Trinajstić information content (AvgIpc) is 3.23. The highest BCUT2D eigenvalue weighted by Gasteiger charge is 2.38. The van der Waals surface area contributed by atoms with Gasteiger partial charge in [0.1, 0.15) is 5.78 Å². The van der Waals surface area contributed by atoms with Gasteiger partial charge in [0.25, 0.3) is 0 Å². The molecule has 3 rings (SSSR count). The van der Waals surface area contributed by atoms with Gasteiger partial charge in [-0.25, -0.2) is 0 Å². The molecule has 3 nitrogen and oxygen atoms in total. The Bertz CT molecular complexity index is 320. The smallest absolute Gasteiger partial charge is 0.135 e. The Morgan fingerprint density at radius 3 is 2.37 bits per heavy atom. The molecular weight excluding hydrogens is 238 g/mol. The van der Waals surface area contributed by atoms with Gasteiger partial charge >= 0.3 is 0 Å². The molecule has 0 aromatic rings. The number of carbonyl (C=O) groups excluding carboxylic acids is 1. The topological polar surface area (TPSA) is 29.5 Å². The quantitative estimate of drug-likeness (QED) is 0.783. The highest BCUT2D eigenvalue weighted by Crippen LogP contribution is 2.37. The number of rotatable bonds is 4. The number of likely N-dealkylation sites (tertiary alicyclic amines) is 1. The summed E-state index contributed by atoms with van der Waals surface area (Å²) >= 11 is 0. The van der Waals surface area contributed by atoms with Gasteiger partial charge in [0, 0.05) is 38.1 Å². The summed E-state index contributed by atoms with van der Waals surface area (Å²) in [6.07, 6.45) is 9.65. The van der Waals surface area contributed by atoms with E-state index in [4.69, 9.17) is 4.74 Å². The number of hydrogen-bond donors (Lipinski definition) is 0. The molecule has 0 aromatic carbocycles. The summed E-state index contributed by atoms with van der Waals surface area (Å²) in [7, 11) is 0. The molecule has 3 aliphatic rings. The van der Waals surface area contributed by atoms with Gasteiger partial charge in [0.2, 0.25) is 0 Å². The molecule has 2 saturated carbocycles. The summed E-state index contributed by atoms with van der Waals surface area (Å²) in [5, 5.41) is 0. The van der Waals surface area contributed by atoms with E-state index in [1.165, 1.54) is 38.5 Å². The SMILES string of the molecule is CC1(N2CCC(=O)CC2)CCC(OCC2CC2)CC1. The van der Waals surface area contributed by atoms with E-state index in [2.05, 4.69) is 11.8 Å². The van der Waals surface area contributed by atoms with Crippen molar-refractivity contribution in [2.45, 2.75) is 69.9 Å². The molecule has 1 aliphatic heterocycles. The second-order valence-corrected chi connectivity index (χ2v) is 7.00. The Morgan fingerprint density at radius 2 is 1.79 bits per heavy atom. The first-order valence-corrected chi connectivity index (χ1v) is 8.04. The zero-order valence-electron chi connectivity index (χ0n) is 12.2.